The van der Waals surface area contributed by atoms with Crippen molar-refractivity contribution in [2.45, 2.75) is 45.1 Å². The summed E-state index contributed by atoms with van der Waals surface area (Å²) in [6, 6.07) is 7.67. The van der Waals surface area contributed by atoms with E-state index in [0.29, 0.717) is 5.56 Å². The number of anilines is 1. The summed E-state index contributed by atoms with van der Waals surface area (Å²) in [7, 11) is 0. The molecule has 1 aliphatic carbocycles. The van der Waals surface area contributed by atoms with Gasteiger partial charge in [-0.2, -0.15) is 5.26 Å². The summed E-state index contributed by atoms with van der Waals surface area (Å²) >= 11 is 0. The van der Waals surface area contributed by atoms with Crippen LogP contribution in [-0.4, -0.2) is 17.1 Å². The van der Waals surface area contributed by atoms with Gasteiger partial charge < -0.3 is 10.4 Å². The van der Waals surface area contributed by atoms with E-state index in [4.69, 9.17) is 5.26 Å². The number of benzene rings is 1. The Morgan fingerprint density at radius 2 is 2.10 bits per heavy atom. The van der Waals surface area contributed by atoms with Crippen molar-refractivity contribution in [3.63, 3.8) is 0 Å². The molecule has 1 saturated carbocycles. The average Bonchev–Trinajstić information content (AvgIpc) is 2.64. The highest BCUT2D eigenvalue weighted by molar-refractivity contribution is 5.71. The Morgan fingerprint density at radius 1 is 1.35 bits per heavy atom. The van der Waals surface area contributed by atoms with Gasteiger partial charge in [0.15, 0.2) is 0 Å². The highest BCUT2D eigenvalue weighted by Crippen LogP contribution is 2.27. The van der Waals surface area contributed by atoms with E-state index in [1.54, 1.807) is 6.07 Å². The molecule has 1 fully saturated rings. The van der Waals surface area contributed by atoms with Crippen molar-refractivity contribution < 1.29 is 9.90 Å². The smallest absolute Gasteiger partial charge is 0.308 e. The number of hydrogen-bond acceptors (Lipinski definition) is 3. The summed E-state index contributed by atoms with van der Waals surface area (Å²) in [5, 5.41) is 21.7. The third-order valence-corrected chi connectivity index (χ3v) is 4.03. The molecule has 0 bridgehead atoms. The number of carbonyl (C=O) groups is 1. The molecule has 0 heterocycles. The van der Waals surface area contributed by atoms with Gasteiger partial charge in [0, 0.05) is 11.7 Å². The molecule has 0 aromatic heterocycles. The normalized spacial score (nSPS) is 22.6. The van der Waals surface area contributed by atoms with Crippen molar-refractivity contribution in [1.29, 1.82) is 5.26 Å². The molecule has 2 N–H and O–H groups in total. The first-order valence-corrected chi connectivity index (χ1v) is 7.12. The van der Waals surface area contributed by atoms with Gasteiger partial charge in [-0.25, -0.2) is 0 Å². The molecule has 4 nitrogen and oxygen atoms in total. The van der Waals surface area contributed by atoms with Gasteiger partial charge in [0.1, 0.15) is 0 Å². The lowest BCUT2D eigenvalue weighted by Gasteiger charge is -2.24. The minimum Gasteiger partial charge on any atom is -0.481 e. The van der Waals surface area contributed by atoms with Crippen molar-refractivity contribution in [2.75, 3.05) is 5.32 Å². The molecule has 0 saturated heterocycles. The molecule has 0 aliphatic heterocycles. The van der Waals surface area contributed by atoms with Crippen LogP contribution in [0.2, 0.25) is 0 Å². The van der Waals surface area contributed by atoms with Crippen molar-refractivity contribution in [1.82, 2.24) is 0 Å². The molecule has 0 spiro atoms. The minimum atomic E-state index is -0.713. The standard InChI is InChI=1S/C16H20N2O2/c1-11-9-13(8-7-12(11)10-17)18-15-6-4-2-3-5-14(15)16(19)20/h7-9,14-15,18H,2-6H2,1H3,(H,19,20). The fourth-order valence-corrected chi connectivity index (χ4v) is 2.87. The van der Waals surface area contributed by atoms with Crippen LogP contribution in [0.4, 0.5) is 5.69 Å². The Labute approximate surface area is 119 Å². The highest BCUT2D eigenvalue weighted by atomic mass is 16.4. The van der Waals surface area contributed by atoms with Crippen molar-refractivity contribution in [3.05, 3.63) is 29.3 Å². The van der Waals surface area contributed by atoms with Gasteiger partial charge >= 0.3 is 5.97 Å². The van der Waals surface area contributed by atoms with E-state index in [9.17, 15) is 9.90 Å². The number of hydrogen-bond donors (Lipinski definition) is 2. The summed E-state index contributed by atoms with van der Waals surface area (Å²) in [4.78, 5) is 11.4. The first kappa shape index (κ1) is 14.4. The molecule has 1 aromatic rings. The number of aryl methyl sites for hydroxylation is 1. The molecule has 2 atom stereocenters. The number of nitrogens with one attached hydrogen (secondary N) is 1. The number of rotatable bonds is 3. The third kappa shape index (κ3) is 3.30. The van der Waals surface area contributed by atoms with Gasteiger partial charge in [0.2, 0.25) is 0 Å². The van der Waals surface area contributed by atoms with E-state index in [2.05, 4.69) is 11.4 Å². The first-order valence-electron chi connectivity index (χ1n) is 7.12. The largest absolute Gasteiger partial charge is 0.481 e. The zero-order valence-corrected chi connectivity index (χ0v) is 11.7. The molecular weight excluding hydrogens is 252 g/mol. The summed E-state index contributed by atoms with van der Waals surface area (Å²) in [5.74, 6) is -1.04. The molecule has 2 rings (SSSR count). The van der Waals surface area contributed by atoms with E-state index in [0.717, 1.165) is 43.4 Å². The maximum absolute atomic E-state index is 11.4. The maximum atomic E-state index is 11.4. The van der Waals surface area contributed by atoms with Crippen molar-refractivity contribution >= 4 is 11.7 Å². The van der Waals surface area contributed by atoms with Gasteiger partial charge in [-0.3, -0.25) is 4.79 Å². The zero-order valence-electron chi connectivity index (χ0n) is 11.7. The van der Waals surface area contributed by atoms with Crippen LogP contribution in [0.5, 0.6) is 0 Å². The van der Waals surface area contributed by atoms with Crippen LogP contribution in [0.25, 0.3) is 0 Å². The number of carboxylic acids is 1. The second kappa shape index (κ2) is 6.42. The fourth-order valence-electron chi connectivity index (χ4n) is 2.87. The number of nitriles is 1. The fraction of sp³-hybridized carbons (Fsp3) is 0.500. The Balaban J connectivity index is 2.16. The Bertz CT molecular complexity index is 534. The quantitative estimate of drug-likeness (QED) is 0.828. The first-order chi connectivity index (χ1) is 9.61. The Kier molecular flexibility index (Phi) is 4.62. The number of nitrogens with zero attached hydrogens (tertiary/aromatic N) is 1. The van der Waals surface area contributed by atoms with E-state index in [1.165, 1.54) is 0 Å². The van der Waals surface area contributed by atoms with E-state index in [1.807, 2.05) is 19.1 Å². The lowest BCUT2D eigenvalue weighted by Crippen LogP contribution is -2.33. The van der Waals surface area contributed by atoms with E-state index >= 15 is 0 Å². The van der Waals surface area contributed by atoms with Crippen molar-refractivity contribution in [2.24, 2.45) is 5.92 Å². The SMILES string of the molecule is Cc1cc(NC2CCCCCC2C(=O)O)ccc1C#N. The van der Waals surface area contributed by atoms with Crippen LogP contribution in [0, 0.1) is 24.2 Å². The summed E-state index contributed by atoms with van der Waals surface area (Å²) in [6.07, 6.45) is 4.78. The third-order valence-electron chi connectivity index (χ3n) is 4.03. The van der Waals surface area contributed by atoms with Gasteiger partial charge in [-0.1, -0.05) is 19.3 Å². The number of aliphatic carboxylic acids is 1. The molecule has 2 unspecified atom stereocenters. The monoisotopic (exact) mass is 272 g/mol. The summed E-state index contributed by atoms with van der Waals surface area (Å²) in [6.45, 7) is 1.89. The van der Waals surface area contributed by atoms with E-state index < -0.39 is 5.97 Å². The second-order valence-corrected chi connectivity index (χ2v) is 5.48. The summed E-state index contributed by atoms with van der Waals surface area (Å²) < 4.78 is 0. The molecule has 4 heteroatoms. The lowest BCUT2D eigenvalue weighted by molar-refractivity contribution is -0.142. The minimum absolute atomic E-state index is 0.0256. The van der Waals surface area contributed by atoms with Crippen LogP contribution >= 0.6 is 0 Å². The average molecular weight is 272 g/mol. The Hall–Kier alpha value is -2.02. The molecule has 106 valence electrons. The van der Waals surface area contributed by atoms with Gasteiger partial charge in [-0.05, 0) is 43.5 Å². The molecule has 0 amide bonds. The molecule has 20 heavy (non-hydrogen) atoms. The van der Waals surface area contributed by atoms with Gasteiger partial charge in [0.05, 0.1) is 17.6 Å². The predicted octanol–water partition coefficient (Wildman–Crippen LogP) is 3.31. The van der Waals surface area contributed by atoms with Crippen LogP contribution in [-0.2, 0) is 4.79 Å². The molecular formula is C16H20N2O2. The number of carboxylic acid groups (broad SMARTS) is 1. The highest BCUT2D eigenvalue weighted by Gasteiger charge is 2.29. The van der Waals surface area contributed by atoms with Gasteiger partial charge in [-0.15, -0.1) is 0 Å². The predicted molar refractivity (Wildman–Crippen MR) is 77.5 cm³/mol. The van der Waals surface area contributed by atoms with Crippen LogP contribution in [0.3, 0.4) is 0 Å². The maximum Gasteiger partial charge on any atom is 0.308 e. The van der Waals surface area contributed by atoms with Crippen LogP contribution in [0.15, 0.2) is 18.2 Å². The van der Waals surface area contributed by atoms with Gasteiger partial charge in [0.25, 0.3) is 0 Å². The molecule has 0 radical (unpaired) electrons. The molecule has 1 aromatic carbocycles. The van der Waals surface area contributed by atoms with Crippen molar-refractivity contribution in [3.8, 4) is 6.07 Å². The van der Waals surface area contributed by atoms with Crippen LogP contribution < -0.4 is 5.32 Å². The summed E-state index contributed by atoms with van der Waals surface area (Å²) in [5.41, 5.74) is 2.48. The Morgan fingerprint density at radius 3 is 2.75 bits per heavy atom. The van der Waals surface area contributed by atoms with Crippen LogP contribution in [0.1, 0.15) is 43.2 Å². The molecule has 1 aliphatic rings. The second-order valence-electron chi connectivity index (χ2n) is 5.48. The topological polar surface area (TPSA) is 73.1 Å². The van der Waals surface area contributed by atoms with E-state index in [-0.39, 0.29) is 12.0 Å². The lowest BCUT2D eigenvalue weighted by atomic mass is 9.94. The zero-order chi connectivity index (χ0) is 14.5.